The maximum absolute atomic E-state index is 12.6. The van der Waals surface area contributed by atoms with Gasteiger partial charge in [-0.25, -0.2) is 9.97 Å². The lowest BCUT2D eigenvalue weighted by molar-refractivity contribution is -0.121. The Bertz CT molecular complexity index is 1220. The van der Waals surface area contributed by atoms with Crippen molar-refractivity contribution in [3.63, 3.8) is 0 Å². The van der Waals surface area contributed by atoms with Gasteiger partial charge in [-0.05, 0) is 54.1 Å². The molecular weight excluding hydrogens is 390 g/mol. The Morgan fingerprint density at radius 3 is 2.65 bits per heavy atom. The number of benzene rings is 2. The first-order valence-electron chi connectivity index (χ1n) is 9.88. The van der Waals surface area contributed by atoms with Gasteiger partial charge in [0.1, 0.15) is 5.75 Å². The Morgan fingerprint density at radius 1 is 0.968 bits per heavy atom. The zero-order valence-corrected chi connectivity index (χ0v) is 16.6. The van der Waals surface area contributed by atoms with E-state index in [1.807, 2.05) is 66.7 Å². The number of para-hydroxylation sites is 1. The van der Waals surface area contributed by atoms with Crippen molar-refractivity contribution in [1.82, 2.24) is 15.0 Å². The highest BCUT2D eigenvalue weighted by molar-refractivity contribution is 5.98. The molecule has 31 heavy (non-hydrogen) atoms. The molecule has 4 aromatic rings. The van der Waals surface area contributed by atoms with E-state index < -0.39 is 0 Å². The van der Waals surface area contributed by atoms with Gasteiger partial charge in [0.25, 0.3) is 5.91 Å². The molecule has 0 radical (unpaired) electrons. The minimum Gasteiger partial charge on any atom is -0.482 e. The summed E-state index contributed by atoms with van der Waals surface area (Å²) in [5.41, 5.74) is 4.25. The summed E-state index contributed by atoms with van der Waals surface area (Å²) in [7, 11) is 0. The molecule has 0 atom stereocenters. The van der Waals surface area contributed by atoms with Gasteiger partial charge in [-0.3, -0.25) is 9.78 Å². The standard InChI is InChI=1S/C24H19N5O2/c30-23-16-31-22-7-6-18(14-21(22)29(23)15-17-8-11-25-12-9-17)20-10-13-26-24(28-20)27-19-4-2-1-3-5-19/h1-14H,15-16H2,(H,26,27,28). The maximum Gasteiger partial charge on any atom is 0.265 e. The van der Waals surface area contributed by atoms with Crippen LogP contribution in [0.2, 0.25) is 0 Å². The summed E-state index contributed by atoms with van der Waals surface area (Å²) >= 11 is 0. The number of rotatable bonds is 5. The third-order valence-electron chi connectivity index (χ3n) is 4.97. The number of hydrogen-bond donors (Lipinski definition) is 1. The second kappa shape index (κ2) is 8.23. The number of nitrogens with one attached hydrogen (secondary N) is 1. The van der Waals surface area contributed by atoms with Crippen LogP contribution in [0, 0.1) is 0 Å². The molecule has 152 valence electrons. The van der Waals surface area contributed by atoms with E-state index in [0.29, 0.717) is 18.2 Å². The fourth-order valence-corrected chi connectivity index (χ4v) is 3.44. The number of ether oxygens (including phenoxy) is 1. The molecule has 7 heteroatoms. The molecule has 1 N–H and O–H groups in total. The molecule has 2 aromatic heterocycles. The smallest absolute Gasteiger partial charge is 0.265 e. The van der Waals surface area contributed by atoms with E-state index in [1.165, 1.54) is 0 Å². The number of fused-ring (bicyclic) bond motifs is 1. The lowest BCUT2D eigenvalue weighted by Gasteiger charge is -2.30. The second-order valence-corrected chi connectivity index (χ2v) is 7.06. The van der Waals surface area contributed by atoms with E-state index in [-0.39, 0.29) is 12.5 Å². The SMILES string of the molecule is O=C1COc2ccc(-c3ccnc(Nc4ccccc4)n3)cc2N1Cc1ccncc1. The number of carbonyl (C=O) groups is 1. The zero-order chi connectivity index (χ0) is 21.0. The van der Waals surface area contributed by atoms with E-state index in [0.717, 1.165) is 28.2 Å². The van der Waals surface area contributed by atoms with Gasteiger partial charge in [0.2, 0.25) is 5.95 Å². The Kier molecular flexibility index (Phi) is 4.98. The second-order valence-electron chi connectivity index (χ2n) is 7.06. The van der Waals surface area contributed by atoms with Crippen LogP contribution >= 0.6 is 0 Å². The van der Waals surface area contributed by atoms with Gasteiger partial charge in [0.05, 0.1) is 17.9 Å². The molecule has 0 unspecified atom stereocenters. The molecule has 1 amide bonds. The van der Waals surface area contributed by atoms with Gasteiger partial charge < -0.3 is 15.0 Å². The summed E-state index contributed by atoms with van der Waals surface area (Å²) in [5, 5.41) is 3.21. The molecule has 0 saturated heterocycles. The summed E-state index contributed by atoms with van der Waals surface area (Å²) in [5.74, 6) is 1.09. The van der Waals surface area contributed by atoms with Crippen molar-refractivity contribution in [2.75, 3.05) is 16.8 Å². The van der Waals surface area contributed by atoms with Gasteiger partial charge in [0.15, 0.2) is 6.61 Å². The third kappa shape index (κ3) is 4.06. The van der Waals surface area contributed by atoms with Crippen molar-refractivity contribution in [3.05, 3.63) is 90.9 Å². The summed E-state index contributed by atoms with van der Waals surface area (Å²) in [6.45, 7) is 0.474. The molecule has 0 saturated carbocycles. The summed E-state index contributed by atoms with van der Waals surface area (Å²) in [6.07, 6.45) is 5.16. The normalized spacial score (nSPS) is 12.8. The number of aromatic nitrogens is 3. The van der Waals surface area contributed by atoms with Crippen LogP contribution in [0.3, 0.4) is 0 Å². The highest BCUT2D eigenvalue weighted by atomic mass is 16.5. The quantitative estimate of drug-likeness (QED) is 0.532. The van der Waals surface area contributed by atoms with Crippen molar-refractivity contribution in [2.45, 2.75) is 6.54 Å². The molecule has 0 bridgehead atoms. The van der Waals surface area contributed by atoms with Crippen molar-refractivity contribution >= 4 is 23.2 Å². The van der Waals surface area contributed by atoms with Crippen LogP contribution in [0.15, 0.2) is 85.3 Å². The molecule has 1 aliphatic rings. The minimum absolute atomic E-state index is 0.0239. The van der Waals surface area contributed by atoms with E-state index in [9.17, 15) is 4.79 Å². The van der Waals surface area contributed by atoms with E-state index in [2.05, 4.69) is 20.3 Å². The van der Waals surface area contributed by atoms with E-state index >= 15 is 0 Å². The largest absolute Gasteiger partial charge is 0.482 e. The Morgan fingerprint density at radius 2 is 1.81 bits per heavy atom. The minimum atomic E-state index is -0.0874. The number of amides is 1. The molecule has 7 nitrogen and oxygen atoms in total. The Hall–Kier alpha value is -4.26. The Balaban J connectivity index is 1.47. The fraction of sp³-hybridized carbons (Fsp3) is 0.0833. The van der Waals surface area contributed by atoms with Crippen molar-refractivity contribution in [1.29, 1.82) is 0 Å². The summed E-state index contributed by atoms with van der Waals surface area (Å²) in [4.78, 5) is 27.4. The van der Waals surface area contributed by atoms with E-state index in [1.54, 1.807) is 23.5 Å². The molecular formula is C24H19N5O2. The third-order valence-corrected chi connectivity index (χ3v) is 4.97. The maximum atomic E-state index is 12.6. The first-order chi connectivity index (χ1) is 15.3. The van der Waals surface area contributed by atoms with Crippen LogP contribution in [-0.4, -0.2) is 27.5 Å². The van der Waals surface area contributed by atoms with Crippen molar-refractivity contribution in [3.8, 4) is 17.0 Å². The lowest BCUT2D eigenvalue weighted by atomic mass is 10.1. The molecule has 0 spiro atoms. The average Bonchev–Trinajstić information content (AvgIpc) is 2.82. The summed E-state index contributed by atoms with van der Waals surface area (Å²) < 4.78 is 5.65. The van der Waals surface area contributed by atoms with Crippen LogP contribution in [0.1, 0.15) is 5.56 Å². The van der Waals surface area contributed by atoms with Crippen LogP contribution < -0.4 is 15.0 Å². The number of hydrogen-bond acceptors (Lipinski definition) is 6. The van der Waals surface area contributed by atoms with Crippen molar-refractivity contribution in [2.24, 2.45) is 0 Å². The number of carbonyl (C=O) groups excluding carboxylic acids is 1. The average molecular weight is 409 g/mol. The number of anilines is 3. The predicted molar refractivity (Wildman–Crippen MR) is 118 cm³/mol. The molecule has 0 aliphatic carbocycles. The first-order valence-corrected chi connectivity index (χ1v) is 9.88. The monoisotopic (exact) mass is 409 g/mol. The summed E-state index contributed by atoms with van der Waals surface area (Å²) in [6, 6.07) is 21.2. The first kappa shape index (κ1) is 18.7. The highest BCUT2D eigenvalue weighted by Crippen LogP contribution is 2.36. The lowest BCUT2D eigenvalue weighted by Crippen LogP contribution is -2.38. The van der Waals surface area contributed by atoms with Gasteiger partial charge in [-0.2, -0.15) is 0 Å². The van der Waals surface area contributed by atoms with Crippen LogP contribution in [0.4, 0.5) is 17.3 Å². The van der Waals surface area contributed by atoms with Crippen LogP contribution in [0.25, 0.3) is 11.3 Å². The zero-order valence-electron chi connectivity index (χ0n) is 16.6. The fourth-order valence-electron chi connectivity index (χ4n) is 3.44. The molecule has 3 heterocycles. The highest BCUT2D eigenvalue weighted by Gasteiger charge is 2.26. The van der Waals surface area contributed by atoms with Crippen LogP contribution in [-0.2, 0) is 11.3 Å². The Labute approximate surface area is 179 Å². The van der Waals surface area contributed by atoms with Crippen LogP contribution in [0.5, 0.6) is 5.75 Å². The predicted octanol–water partition coefficient (Wildman–Crippen LogP) is 4.21. The molecule has 1 aliphatic heterocycles. The topological polar surface area (TPSA) is 80.2 Å². The molecule has 0 fully saturated rings. The number of nitrogens with zero attached hydrogens (tertiary/aromatic N) is 4. The van der Waals surface area contributed by atoms with Gasteiger partial charge in [-0.15, -0.1) is 0 Å². The van der Waals surface area contributed by atoms with Gasteiger partial charge >= 0.3 is 0 Å². The van der Waals surface area contributed by atoms with Gasteiger partial charge in [-0.1, -0.05) is 18.2 Å². The molecule has 2 aromatic carbocycles. The van der Waals surface area contributed by atoms with Crippen molar-refractivity contribution < 1.29 is 9.53 Å². The van der Waals surface area contributed by atoms with E-state index in [4.69, 9.17) is 4.74 Å². The number of pyridine rings is 1. The van der Waals surface area contributed by atoms with Gasteiger partial charge in [0, 0.05) is 29.8 Å². The molecule has 5 rings (SSSR count).